The van der Waals surface area contributed by atoms with Gasteiger partial charge in [0, 0.05) is 17.3 Å². The molecule has 0 aliphatic carbocycles. The minimum Gasteiger partial charge on any atom is -0.336 e. The van der Waals surface area contributed by atoms with Gasteiger partial charge in [-0.1, -0.05) is 20.8 Å². The van der Waals surface area contributed by atoms with Crippen LogP contribution < -0.4 is 5.84 Å². The molecule has 18 heavy (non-hydrogen) atoms. The predicted octanol–water partition coefficient (Wildman–Crippen LogP) is 1.54. The summed E-state index contributed by atoms with van der Waals surface area (Å²) in [5, 5.41) is 9.40. The first kappa shape index (κ1) is 12.8. The normalized spacial score (nSPS) is 11.8. The molecule has 0 saturated carbocycles. The van der Waals surface area contributed by atoms with E-state index in [1.807, 2.05) is 33.8 Å². The van der Waals surface area contributed by atoms with Gasteiger partial charge in [0.05, 0.1) is 0 Å². The van der Waals surface area contributed by atoms with E-state index < -0.39 is 0 Å². The molecule has 0 radical (unpaired) electrons. The van der Waals surface area contributed by atoms with E-state index in [2.05, 4.69) is 20.2 Å². The van der Waals surface area contributed by atoms with Gasteiger partial charge in [-0.25, -0.2) is 14.6 Å². The summed E-state index contributed by atoms with van der Waals surface area (Å²) in [5.41, 5.74) is 0.764. The zero-order chi connectivity index (χ0) is 13.3. The van der Waals surface area contributed by atoms with Crippen molar-refractivity contribution in [3.63, 3.8) is 0 Å². The molecule has 0 aliphatic rings. The fraction of sp³-hybridized carbons (Fsp3) is 0.455. The highest BCUT2D eigenvalue weighted by Gasteiger charge is 2.23. The van der Waals surface area contributed by atoms with Crippen molar-refractivity contribution in [2.45, 2.75) is 43.4 Å². The smallest absolute Gasteiger partial charge is 0.217 e. The van der Waals surface area contributed by atoms with Crippen molar-refractivity contribution in [3.05, 3.63) is 23.8 Å². The van der Waals surface area contributed by atoms with Gasteiger partial charge in [-0.05, 0) is 24.8 Å². The number of rotatable bonds is 2. The summed E-state index contributed by atoms with van der Waals surface area (Å²) in [5.74, 6) is 6.72. The topological polar surface area (TPSA) is 82.5 Å². The zero-order valence-corrected chi connectivity index (χ0v) is 11.7. The quantitative estimate of drug-likeness (QED) is 0.654. The molecule has 0 fully saturated rings. The average molecular weight is 264 g/mol. The van der Waals surface area contributed by atoms with Crippen LogP contribution in [0.2, 0.25) is 0 Å². The molecule has 2 heterocycles. The maximum atomic E-state index is 5.99. The van der Waals surface area contributed by atoms with Gasteiger partial charge < -0.3 is 5.84 Å². The van der Waals surface area contributed by atoms with Crippen LogP contribution in [0.3, 0.4) is 0 Å². The minimum atomic E-state index is -0.145. The van der Waals surface area contributed by atoms with Gasteiger partial charge in [-0.3, -0.25) is 0 Å². The first-order valence-corrected chi connectivity index (χ1v) is 6.38. The predicted molar refractivity (Wildman–Crippen MR) is 69.8 cm³/mol. The lowest BCUT2D eigenvalue weighted by atomic mass is 9.96. The molecular formula is C11H16N6S. The van der Waals surface area contributed by atoms with Crippen LogP contribution in [0.4, 0.5) is 0 Å². The summed E-state index contributed by atoms with van der Waals surface area (Å²) >= 11 is 1.31. The zero-order valence-electron chi connectivity index (χ0n) is 10.9. The Hall–Kier alpha value is -1.63. The van der Waals surface area contributed by atoms with Crippen molar-refractivity contribution in [1.82, 2.24) is 24.8 Å². The molecule has 2 aromatic rings. The van der Waals surface area contributed by atoms with E-state index in [0.717, 1.165) is 11.5 Å². The summed E-state index contributed by atoms with van der Waals surface area (Å²) < 4.78 is 1.50. The van der Waals surface area contributed by atoms with Crippen LogP contribution in [0.1, 0.15) is 32.3 Å². The van der Waals surface area contributed by atoms with Crippen molar-refractivity contribution >= 4 is 11.8 Å². The third kappa shape index (κ3) is 2.61. The number of aryl methyl sites for hydroxylation is 1. The average Bonchev–Trinajstić information content (AvgIpc) is 2.60. The Balaban J connectivity index is 2.28. The van der Waals surface area contributed by atoms with Crippen LogP contribution in [0, 0.1) is 6.92 Å². The van der Waals surface area contributed by atoms with E-state index in [0.29, 0.717) is 10.3 Å². The van der Waals surface area contributed by atoms with E-state index >= 15 is 0 Å². The Kier molecular flexibility index (Phi) is 3.25. The number of aromatic nitrogens is 5. The number of nitrogens with zero attached hydrogens (tertiary/aromatic N) is 5. The Morgan fingerprint density at radius 1 is 1.28 bits per heavy atom. The molecule has 0 amide bonds. The Bertz CT molecular complexity index is 557. The van der Waals surface area contributed by atoms with Crippen molar-refractivity contribution < 1.29 is 0 Å². The van der Waals surface area contributed by atoms with Crippen LogP contribution in [0.15, 0.2) is 22.6 Å². The first-order chi connectivity index (χ1) is 8.38. The Morgan fingerprint density at radius 2 is 2.00 bits per heavy atom. The molecule has 0 atom stereocenters. The van der Waals surface area contributed by atoms with Gasteiger partial charge in [0.15, 0.2) is 11.0 Å². The summed E-state index contributed by atoms with van der Waals surface area (Å²) in [4.78, 5) is 8.46. The SMILES string of the molecule is Cc1ccnc(Sc2nnc(C(C)(C)C)n2N)n1. The highest BCUT2D eigenvalue weighted by Crippen LogP contribution is 2.26. The van der Waals surface area contributed by atoms with Crippen LogP contribution >= 0.6 is 11.8 Å². The van der Waals surface area contributed by atoms with Crippen molar-refractivity contribution in [2.75, 3.05) is 5.84 Å². The third-order valence-corrected chi connectivity index (χ3v) is 3.13. The molecule has 0 saturated heterocycles. The summed E-state index contributed by atoms with van der Waals surface area (Å²) in [6.07, 6.45) is 1.71. The molecule has 0 aliphatic heterocycles. The van der Waals surface area contributed by atoms with E-state index in [4.69, 9.17) is 5.84 Å². The molecule has 0 unspecified atom stereocenters. The molecule has 7 heteroatoms. The molecular weight excluding hydrogens is 248 g/mol. The molecule has 0 aromatic carbocycles. The molecule has 2 rings (SSSR count). The molecule has 2 N–H and O–H groups in total. The van der Waals surface area contributed by atoms with Crippen molar-refractivity contribution in [1.29, 1.82) is 0 Å². The molecule has 0 bridgehead atoms. The maximum Gasteiger partial charge on any atom is 0.217 e. The van der Waals surface area contributed by atoms with E-state index in [1.165, 1.54) is 16.4 Å². The molecule has 96 valence electrons. The minimum absolute atomic E-state index is 0.145. The highest BCUT2D eigenvalue weighted by molar-refractivity contribution is 7.99. The number of hydrogen-bond acceptors (Lipinski definition) is 6. The van der Waals surface area contributed by atoms with Crippen molar-refractivity contribution in [3.8, 4) is 0 Å². The molecule has 0 spiro atoms. The van der Waals surface area contributed by atoms with Crippen LogP contribution in [-0.4, -0.2) is 24.8 Å². The van der Waals surface area contributed by atoms with Crippen LogP contribution in [0.5, 0.6) is 0 Å². The second-order valence-electron chi connectivity index (χ2n) is 5.01. The van der Waals surface area contributed by atoms with E-state index in [-0.39, 0.29) is 5.41 Å². The fourth-order valence-electron chi connectivity index (χ4n) is 1.41. The van der Waals surface area contributed by atoms with Gasteiger partial charge >= 0.3 is 0 Å². The summed E-state index contributed by atoms with van der Waals surface area (Å²) in [6, 6.07) is 1.85. The number of nitrogen functional groups attached to an aromatic ring is 1. The van der Waals surface area contributed by atoms with Gasteiger partial charge in [0.2, 0.25) is 5.16 Å². The van der Waals surface area contributed by atoms with Gasteiger partial charge in [-0.15, -0.1) is 10.2 Å². The molecule has 2 aromatic heterocycles. The number of nitrogens with two attached hydrogens (primary N) is 1. The fourth-order valence-corrected chi connectivity index (χ4v) is 2.15. The third-order valence-electron chi connectivity index (χ3n) is 2.29. The van der Waals surface area contributed by atoms with Gasteiger partial charge in [0.1, 0.15) is 0 Å². The maximum absolute atomic E-state index is 5.99. The Labute approximate surface area is 110 Å². The monoisotopic (exact) mass is 264 g/mol. The lowest BCUT2D eigenvalue weighted by Gasteiger charge is -2.16. The van der Waals surface area contributed by atoms with Gasteiger partial charge in [0.25, 0.3) is 0 Å². The standard InChI is InChI=1S/C11H16N6S/c1-7-5-6-13-9(14-7)18-10-16-15-8(17(10)12)11(2,3)4/h5-6H,12H2,1-4H3. The highest BCUT2D eigenvalue weighted by atomic mass is 32.2. The largest absolute Gasteiger partial charge is 0.336 e. The van der Waals surface area contributed by atoms with Crippen molar-refractivity contribution in [2.24, 2.45) is 0 Å². The van der Waals surface area contributed by atoms with Crippen LogP contribution in [0.25, 0.3) is 0 Å². The summed E-state index contributed by atoms with van der Waals surface area (Å²) in [6.45, 7) is 8.04. The van der Waals surface area contributed by atoms with E-state index in [1.54, 1.807) is 6.20 Å². The summed E-state index contributed by atoms with van der Waals surface area (Å²) in [7, 11) is 0. The van der Waals surface area contributed by atoms with Gasteiger partial charge in [-0.2, -0.15) is 0 Å². The second kappa shape index (κ2) is 4.56. The first-order valence-electron chi connectivity index (χ1n) is 5.56. The second-order valence-corrected chi connectivity index (χ2v) is 5.94. The number of hydrogen-bond donors (Lipinski definition) is 1. The Morgan fingerprint density at radius 3 is 2.56 bits per heavy atom. The lowest BCUT2D eigenvalue weighted by molar-refractivity contribution is 0.523. The molecule has 6 nitrogen and oxygen atoms in total. The van der Waals surface area contributed by atoms with E-state index in [9.17, 15) is 0 Å². The lowest BCUT2D eigenvalue weighted by Crippen LogP contribution is -2.24. The van der Waals surface area contributed by atoms with Crippen LogP contribution in [-0.2, 0) is 5.41 Å².